The second kappa shape index (κ2) is 6.66. The number of nitrogens with two attached hydrogens (primary N) is 1. The van der Waals surface area contributed by atoms with E-state index in [1.165, 1.54) is 10.8 Å². The Balaban J connectivity index is 1.73. The lowest BCUT2D eigenvalue weighted by Crippen LogP contribution is -2.42. The van der Waals surface area contributed by atoms with Crippen molar-refractivity contribution in [3.63, 3.8) is 0 Å². The molecule has 2 unspecified atom stereocenters. The molecule has 3 fully saturated rings. The highest BCUT2D eigenvalue weighted by Gasteiger charge is 2.40. The molecule has 1 aliphatic carbocycles. The van der Waals surface area contributed by atoms with Gasteiger partial charge < -0.3 is 25.2 Å². The predicted octanol–water partition coefficient (Wildman–Crippen LogP) is 2.43. The summed E-state index contributed by atoms with van der Waals surface area (Å²) in [6.45, 7) is 1.97. The van der Waals surface area contributed by atoms with Gasteiger partial charge in [-0.15, -0.1) is 0 Å². The fraction of sp³-hybridized carbons (Fsp3) is 0.524. The van der Waals surface area contributed by atoms with Crippen LogP contribution in [0.3, 0.4) is 0 Å². The number of pyridine rings is 1. The molecule has 2 atom stereocenters. The summed E-state index contributed by atoms with van der Waals surface area (Å²) in [7, 11) is 2.03. The predicted molar refractivity (Wildman–Crippen MR) is 109 cm³/mol. The SMILES string of the molecule is CN1CCCC2CN(c3c(F)c(N)c4c(=O)c(C(=O)O)cn(C5CC5)c4c3F)CC21. The molecule has 1 saturated carbocycles. The fourth-order valence-corrected chi connectivity index (χ4v) is 5.21. The highest BCUT2D eigenvalue weighted by Crippen LogP contribution is 2.43. The molecule has 0 bridgehead atoms. The molecule has 1 aromatic heterocycles. The lowest BCUT2D eigenvalue weighted by Gasteiger charge is -2.33. The molecule has 3 heterocycles. The molecule has 0 radical (unpaired) electrons. The van der Waals surface area contributed by atoms with Gasteiger partial charge in [-0.3, -0.25) is 4.79 Å². The molecule has 160 valence electrons. The molecular formula is C21H24F2N4O3. The van der Waals surface area contributed by atoms with Crippen molar-refractivity contribution >= 4 is 28.2 Å². The highest BCUT2D eigenvalue weighted by molar-refractivity contribution is 5.99. The van der Waals surface area contributed by atoms with Crippen LogP contribution in [0.5, 0.6) is 0 Å². The molecule has 2 aliphatic heterocycles. The lowest BCUT2D eigenvalue weighted by atomic mass is 9.93. The van der Waals surface area contributed by atoms with E-state index < -0.39 is 34.3 Å². The molecular weight excluding hydrogens is 394 g/mol. The van der Waals surface area contributed by atoms with E-state index in [9.17, 15) is 14.7 Å². The van der Waals surface area contributed by atoms with E-state index in [1.54, 1.807) is 4.90 Å². The Morgan fingerprint density at radius 1 is 1.20 bits per heavy atom. The minimum Gasteiger partial charge on any atom is -0.477 e. The molecule has 3 N–H and O–H groups in total. The zero-order valence-corrected chi connectivity index (χ0v) is 16.7. The number of likely N-dealkylation sites (tertiary alicyclic amines) is 1. The number of aromatic nitrogens is 1. The van der Waals surface area contributed by atoms with Crippen molar-refractivity contribution in [1.82, 2.24) is 9.47 Å². The summed E-state index contributed by atoms with van der Waals surface area (Å²) in [6, 6.07) is 0.0974. The van der Waals surface area contributed by atoms with Crippen molar-refractivity contribution < 1.29 is 18.7 Å². The summed E-state index contributed by atoms with van der Waals surface area (Å²) in [6.07, 6.45) is 4.71. The Labute approximate surface area is 171 Å². The third kappa shape index (κ3) is 2.71. The lowest BCUT2D eigenvalue weighted by molar-refractivity contribution is 0.0695. The maximum atomic E-state index is 15.8. The van der Waals surface area contributed by atoms with Crippen LogP contribution in [0.4, 0.5) is 20.2 Å². The van der Waals surface area contributed by atoms with Crippen molar-refractivity contribution in [2.45, 2.75) is 37.8 Å². The number of hydrogen-bond donors (Lipinski definition) is 2. The van der Waals surface area contributed by atoms with Crippen LogP contribution in [-0.4, -0.2) is 53.3 Å². The summed E-state index contributed by atoms with van der Waals surface area (Å²) in [5.41, 5.74) is 3.74. The Hall–Kier alpha value is -2.68. The van der Waals surface area contributed by atoms with E-state index in [0.29, 0.717) is 19.0 Å². The second-order valence-electron chi connectivity index (χ2n) is 8.78. The first kappa shape index (κ1) is 19.3. The number of likely N-dealkylation sites (N-methyl/N-ethyl adjacent to an activating group) is 1. The van der Waals surface area contributed by atoms with Gasteiger partial charge in [-0.05, 0) is 45.2 Å². The van der Waals surface area contributed by atoms with Gasteiger partial charge in [0.15, 0.2) is 11.6 Å². The number of anilines is 2. The average Bonchev–Trinajstić information content (AvgIpc) is 3.45. The molecule has 0 amide bonds. The fourth-order valence-electron chi connectivity index (χ4n) is 5.21. The second-order valence-corrected chi connectivity index (χ2v) is 8.78. The number of carbonyl (C=O) groups is 1. The number of rotatable bonds is 3. The number of hydrogen-bond acceptors (Lipinski definition) is 5. The molecule has 0 spiro atoms. The number of halogens is 2. The van der Waals surface area contributed by atoms with E-state index in [0.717, 1.165) is 32.2 Å². The Morgan fingerprint density at radius 2 is 1.93 bits per heavy atom. The van der Waals surface area contributed by atoms with Crippen LogP contribution in [0.2, 0.25) is 0 Å². The van der Waals surface area contributed by atoms with Crippen LogP contribution in [0.15, 0.2) is 11.0 Å². The highest BCUT2D eigenvalue weighted by atomic mass is 19.1. The number of aromatic carboxylic acids is 1. The normalized spacial score (nSPS) is 24.4. The maximum absolute atomic E-state index is 15.8. The number of benzene rings is 1. The number of nitrogen functional groups attached to an aromatic ring is 1. The van der Waals surface area contributed by atoms with Crippen molar-refractivity contribution in [2.75, 3.05) is 37.3 Å². The first-order valence-electron chi connectivity index (χ1n) is 10.3. The summed E-state index contributed by atoms with van der Waals surface area (Å²) >= 11 is 0. The van der Waals surface area contributed by atoms with Gasteiger partial charge in [-0.2, -0.15) is 0 Å². The zero-order valence-electron chi connectivity index (χ0n) is 16.7. The van der Waals surface area contributed by atoms with Gasteiger partial charge in [0.25, 0.3) is 0 Å². The minimum atomic E-state index is -1.44. The van der Waals surface area contributed by atoms with Crippen LogP contribution in [-0.2, 0) is 0 Å². The molecule has 9 heteroatoms. The zero-order chi connectivity index (χ0) is 21.3. The van der Waals surface area contributed by atoms with E-state index >= 15 is 8.78 Å². The van der Waals surface area contributed by atoms with Gasteiger partial charge in [-0.1, -0.05) is 0 Å². The van der Waals surface area contributed by atoms with E-state index in [4.69, 9.17) is 5.73 Å². The quantitative estimate of drug-likeness (QED) is 0.744. The number of carboxylic acid groups (broad SMARTS) is 1. The minimum absolute atomic E-state index is 0.0929. The van der Waals surface area contributed by atoms with E-state index in [2.05, 4.69) is 4.90 Å². The monoisotopic (exact) mass is 418 g/mol. The molecule has 7 nitrogen and oxygen atoms in total. The molecule has 3 aliphatic rings. The molecule has 2 saturated heterocycles. The average molecular weight is 418 g/mol. The summed E-state index contributed by atoms with van der Waals surface area (Å²) in [5.74, 6) is -2.94. The van der Waals surface area contributed by atoms with Crippen LogP contribution in [0.25, 0.3) is 10.9 Å². The molecule has 2 aromatic rings. The number of piperidine rings is 1. The maximum Gasteiger partial charge on any atom is 0.341 e. The van der Waals surface area contributed by atoms with Crippen molar-refractivity contribution in [1.29, 1.82) is 0 Å². The summed E-state index contributed by atoms with van der Waals surface area (Å²) < 4.78 is 32.7. The molecule has 1 aromatic carbocycles. The Kier molecular flexibility index (Phi) is 4.29. The third-order valence-corrected chi connectivity index (χ3v) is 6.91. The topological polar surface area (TPSA) is 91.8 Å². The van der Waals surface area contributed by atoms with Gasteiger partial charge in [0.2, 0.25) is 5.43 Å². The van der Waals surface area contributed by atoms with Gasteiger partial charge in [0.1, 0.15) is 11.3 Å². The van der Waals surface area contributed by atoms with Crippen LogP contribution < -0.4 is 16.1 Å². The standard InChI is InChI=1S/C21H24F2N4O3/c1-25-6-2-3-10-7-26(9-13(10)25)19-15(22)17(24)14-18(16(19)23)27(11-4-5-11)8-12(20(14)28)21(29)30/h8,10-11,13H,2-7,9,24H2,1H3,(H,29,30). The van der Waals surface area contributed by atoms with Crippen molar-refractivity contribution in [3.8, 4) is 0 Å². The van der Waals surface area contributed by atoms with Crippen LogP contribution >= 0.6 is 0 Å². The number of fused-ring (bicyclic) bond motifs is 2. The van der Waals surface area contributed by atoms with Crippen molar-refractivity contribution in [3.05, 3.63) is 33.6 Å². The Morgan fingerprint density at radius 3 is 2.57 bits per heavy atom. The smallest absolute Gasteiger partial charge is 0.341 e. The first-order chi connectivity index (χ1) is 14.3. The van der Waals surface area contributed by atoms with Gasteiger partial charge in [0, 0.05) is 31.4 Å². The number of nitrogens with zero attached hydrogens (tertiary/aromatic N) is 3. The van der Waals surface area contributed by atoms with Crippen LogP contribution in [0.1, 0.15) is 42.1 Å². The molecule has 30 heavy (non-hydrogen) atoms. The summed E-state index contributed by atoms with van der Waals surface area (Å²) in [4.78, 5) is 28.2. The molecule has 5 rings (SSSR count). The van der Waals surface area contributed by atoms with E-state index in [1.807, 2.05) is 7.05 Å². The number of carboxylic acids is 1. The van der Waals surface area contributed by atoms with Crippen molar-refractivity contribution in [2.24, 2.45) is 5.92 Å². The van der Waals surface area contributed by atoms with Gasteiger partial charge in [-0.25, -0.2) is 13.6 Å². The summed E-state index contributed by atoms with van der Waals surface area (Å²) in [5, 5.41) is 9.02. The Bertz CT molecular complexity index is 1130. The first-order valence-corrected chi connectivity index (χ1v) is 10.3. The van der Waals surface area contributed by atoms with Gasteiger partial charge >= 0.3 is 5.97 Å². The van der Waals surface area contributed by atoms with Crippen LogP contribution in [0, 0.1) is 17.6 Å². The van der Waals surface area contributed by atoms with E-state index in [-0.39, 0.29) is 28.7 Å². The third-order valence-electron chi connectivity index (χ3n) is 6.91. The largest absolute Gasteiger partial charge is 0.477 e. The van der Waals surface area contributed by atoms with Gasteiger partial charge in [0.05, 0.1) is 16.6 Å².